The summed E-state index contributed by atoms with van der Waals surface area (Å²) in [6, 6.07) is 7.30. The van der Waals surface area contributed by atoms with E-state index in [2.05, 4.69) is 26.6 Å². The van der Waals surface area contributed by atoms with Crippen molar-refractivity contribution >= 4 is 54.7 Å². The summed E-state index contributed by atoms with van der Waals surface area (Å²) in [6.07, 6.45) is 2.78. The first kappa shape index (κ1) is 29.4. The van der Waals surface area contributed by atoms with Crippen LogP contribution in [0.3, 0.4) is 0 Å². The van der Waals surface area contributed by atoms with Gasteiger partial charge in [-0.15, -0.1) is 11.3 Å². The molecular formula is C25H33BrN2O7S2. The molecule has 0 saturated carbocycles. The summed E-state index contributed by atoms with van der Waals surface area (Å²) in [7, 11) is -2.10. The lowest BCUT2D eigenvalue weighted by atomic mass is 9.97. The summed E-state index contributed by atoms with van der Waals surface area (Å²) < 4.78 is 41.6. The highest BCUT2D eigenvalue weighted by atomic mass is 79.9. The van der Waals surface area contributed by atoms with Crippen molar-refractivity contribution in [1.82, 2.24) is 5.32 Å². The summed E-state index contributed by atoms with van der Waals surface area (Å²) in [6.45, 7) is 6.44. The third-order valence-electron chi connectivity index (χ3n) is 5.64. The number of ether oxygens (including phenoxy) is 3. The topological polar surface area (TPSA) is 120 Å². The Bertz CT molecular complexity index is 1230. The maximum absolute atomic E-state index is 12.6. The molecule has 0 spiro atoms. The molecule has 2 N–H and O–H groups in total. The van der Waals surface area contributed by atoms with Crippen LogP contribution in [0.25, 0.3) is 10.4 Å². The van der Waals surface area contributed by atoms with E-state index < -0.39 is 32.8 Å². The van der Waals surface area contributed by atoms with Crippen molar-refractivity contribution in [3.05, 3.63) is 33.6 Å². The Balaban J connectivity index is 1.91. The van der Waals surface area contributed by atoms with Gasteiger partial charge in [-0.25, -0.2) is 18.0 Å². The second-order valence-corrected chi connectivity index (χ2v) is 13.8. The monoisotopic (exact) mass is 616 g/mol. The Morgan fingerprint density at radius 2 is 1.92 bits per heavy atom. The fourth-order valence-corrected chi connectivity index (χ4v) is 7.36. The quantitative estimate of drug-likeness (QED) is 0.393. The predicted molar refractivity (Wildman–Crippen MR) is 148 cm³/mol. The van der Waals surface area contributed by atoms with Gasteiger partial charge in [0.05, 0.1) is 16.5 Å². The number of rotatable bonds is 9. The van der Waals surface area contributed by atoms with Crippen LogP contribution in [0.5, 0.6) is 5.75 Å². The van der Waals surface area contributed by atoms with E-state index in [1.54, 1.807) is 20.8 Å². The molecule has 1 aromatic carbocycles. The molecule has 0 aliphatic carbocycles. The average molecular weight is 618 g/mol. The molecule has 1 unspecified atom stereocenters. The van der Waals surface area contributed by atoms with Gasteiger partial charge in [-0.3, -0.25) is 0 Å². The van der Waals surface area contributed by atoms with E-state index >= 15 is 0 Å². The Morgan fingerprint density at radius 1 is 1.24 bits per heavy atom. The average Bonchev–Trinajstić information content (AvgIpc) is 3.15. The molecule has 12 heteroatoms. The molecule has 0 bridgehead atoms. The van der Waals surface area contributed by atoms with Crippen molar-refractivity contribution in [1.29, 1.82) is 0 Å². The van der Waals surface area contributed by atoms with E-state index in [1.807, 2.05) is 24.3 Å². The number of hydrogen-bond acceptors (Lipinski definition) is 10. The van der Waals surface area contributed by atoms with Gasteiger partial charge in [0, 0.05) is 11.9 Å². The molecule has 2 aromatic rings. The number of halogens is 1. The lowest BCUT2D eigenvalue weighted by Crippen LogP contribution is -2.42. The normalized spacial score (nSPS) is 15.6. The molecule has 1 aromatic heterocycles. The number of esters is 2. The molecule has 204 valence electrons. The molecule has 2 heterocycles. The Morgan fingerprint density at radius 3 is 2.51 bits per heavy atom. The fourth-order valence-electron chi connectivity index (χ4n) is 4.08. The summed E-state index contributed by atoms with van der Waals surface area (Å²) in [5.74, 6) is -1.00. The van der Waals surface area contributed by atoms with Gasteiger partial charge in [0.1, 0.15) is 11.0 Å². The number of benzene rings is 1. The number of piperidine rings is 1. The van der Waals surface area contributed by atoms with Crippen LogP contribution in [0, 0.1) is 5.92 Å². The van der Waals surface area contributed by atoms with Gasteiger partial charge >= 0.3 is 11.9 Å². The number of thiophene rings is 1. The first-order chi connectivity index (χ1) is 17.3. The van der Waals surface area contributed by atoms with E-state index in [0.717, 1.165) is 42.8 Å². The zero-order valence-electron chi connectivity index (χ0n) is 21.6. The SMILES string of the molecule is COC(=O)c1sc(-c2cccc(NC(C3CCNCC3)S(C)(=O)=O)c2)c(Br)c1OCC(=O)OC(C)(C)C. The van der Waals surface area contributed by atoms with Gasteiger partial charge < -0.3 is 24.8 Å². The molecule has 1 atom stereocenters. The third kappa shape index (κ3) is 7.92. The van der Waals surface area contributed by atoms with Crippen LogP contribution < -0.4 is 15.4 Å². The summed E-state index contributed by atoms with van der Waals surface area (Å²) >= 11 is 4.67. The number of carbonyl (C=O) groups is 2. The number of sulfone groups is 1. The highest BCUT2D eigenvalue weighted by Crippen LogP contribution is 2.46. The largest absolute Gasteiger partial charge is 0.479 e. The fraction of sp³-hybridized carbons (Fsp3) is 0.520. The number of nitrogens with one attached hydrogen (secondary N) is 2. The molecule has 9 nitrogen and oxygen atoms in total. The number of methoxy groups -OCH3 is 1. The Labute approximate surface area is 230 Å². The molecule has 0 amide bonds. The highest BCUT2D eigenvalue weighted by molar-refractivity contribution is 9.10. The van der Waals surface area contributed by atoms with Crippen LogP contribution in [0.15, 0.2) is 28.7 Å². The minimum Gasteiger partial charge on any atom is -0.479 e. The number of hydrogen-bond donors (Lipinski definition) is 2. The maximum Gasteiger partial charge on any atom is 0.351 e. The predicted octanol–water partition coefficient (Wildman–Crippen LogP) is 4.47. The van der Waals surface area contributed by atoms with Crippen LogP contribution in [0.1, 0.15) is 43.3 Å². The molecule has 1 aliphatic rings. The third-order valence-corrected chi connectivity index (χ3v) is 9.29. The summed E-state index contributed by atoms with van der Waals surface area (Å²) in [5, 5.41) is 5.78. The molecule has 1 saturated heterocycles. The Kier molecular flexibility index (Phi) is 9.65. The molecule has 37 heavy (non-hydrogen) atoms. The minimum absolute atomic E-state index is 0.00726. The maximum atomic E-state index is 12.6. The standard InChI is InChI=1S/C25H33BrN2O7S2/c1-25(2,3)35-18(29)14-34-20-19(26)21(36-22(20)24(30)33-4)16-7-6-8-17(13-16)28-23(37(5,31)32)15-9-11-27-12-10-15/h6-8,13,15,23,27-28H,9-12,14H2,1-5H3. The van der Waals surface area contributed by atoms with Crippen molar-refractivity contribution in [2.75, 3.05) is 38.4 Å². The van der Waals surface area contributed by atoms with Gasteiger partial charge in [-0.2, -0.15) is 0 Å². The van der Waals surface area contributed by atoms with E-state index in [-0.39, 0.29) is 23.2 Å². The lowest BCUT2D eigenvalue weighted by Gasteiger charge is -2.30. The highest BCUT2D eigenvalue weighted by Gasteiger charge is 2.32. The first-order valence-corrected chi connectivity index (χ1v) is 15.4. The van der Waals surface area contributed by atoms with Gasteiger partial charge in [0.25, 0.3) is 0 Å². The van der Waals surface area contributed by atoms with Gasteiger partial charge in [-0.05, 0) is 86.2 Å². The van der Waals surface area contributed by atoms with Crippen LogP contribution in [0.4, 0.5) is 5.69 Å². The zero-order valence-corrected chi connectivity index (χ0v) is 24.8. The van der Waals surface area contributed by atoms with Crippen LogP contribution in [-0.4, -0.2) is 64.4 Å². The van der Waals surface area contributed by atoms with Crippen molar-refractivity contribution in [3.63, 3.8) is 0 Å². The Hall–Kier alpha value is -2.15. The van der Waals surface area contributed by atoms with Gasteiger partial charge in [0.2, 0.25) is 0 Å². The van der Waals surface area contributed by atoms with E-state index in [1.165, 1.54) is 13.4 Å². The van der Waals surface area contributed by atoms with Crippen molar-refractivity contribution < 1.29 is 32.2 Å². The van der Waals surface area contributed by atoms with E-state index in [4.69, 9.17) is 14.2 Å². The second-order valence-electron chi connectivity index (χ2n) is 9.83. The van der Waals surface area contributed by atoms with Crippen molar-refractivity contribution in [3.8, 4) is 16.2 Å². The van der Waals surface area contributed by atoms with Crippen molar-refractivity contribution in [2.24, 2.45) is 5.92 Å². The number of carbonyl (C=O) groups excluding carboxylic acids is 2. The van der Waals surface area contributed by atoms with E-state index in [9.17, 15) is 18.0 Å². The number of anilines is 1. The molecule has 0 radical (unpaired) electrons. The summed E-state index contributed by atoms with van der Waals surface area (Å²) in [5.41, 5.74) is 0.702. The summed E-state index contributed by atoms with van der Waals surface area (Å²) in [4.78, 5) is 25.5. The minimum atomic E-state index is -3.36. The van der Waals surface area contributed by atoms with Crippen LogP contribution in [-0.2, 0) is 24.1 Å². The smallest absolute Gasteiger partial charge is 0.351 e. The van der Waals surface area contributed by atoms with Crippen LogP contribution >= 0.6 is 27.3 Å². The molecular weight excluding hydrogens is 584 g/mol. The second kappa shape index (κ2) is 12.1. The van der Waals surface area contributed by atoms with Gasteiger partial charge in [0.15, 0.2) is 27.1 Å². The van der Waals surface area contributed by atoms with Crippen LogP contribution in [0.2, 0.25) is 0 Å². The first-order valence-electron chi connectivity index (χ1n) is 11.8. The lowest BCUT2D eigenvalue weighted by molar-refractivity contribution is -0.157. The molecule has 3 rings (SSSR count). The molecule has 1 fully saturated rings. The van der Waals surface area contributed by atoms with Gasteiger partial charge in [-0.1, -0.05) is 12.1 Å². The molecule has 1 aliphatic heterocycles. The van der Waals surface area contributed by atoms with E-state index in [0.29, 0.717) is 15.0 Å². The zero-order chi connectivity index (χ0) is 27.4. The van der Waals surface area contributed by atoms with Crippen molar-refractivity contribution in [2.45, 2.75) is 44.6 Å².